The van der Waals surface area contributed by atoms with Gasteiger partial charge in [-0.15, -0.1) is 0 Å². The van der Waals surface area contributed by atoms with Crippen LogP contribution >= 0.6 is 0 Å². The molecule has 2 heterocycles. The minimum Gasteiger partial charge on any atom is -0.462 e. The van der Waals surface area contributed by atoms with Gasteiger partial charge in [-0.2, -0.15) is 0 Å². The lowest BCUT2D eigenvalue weighted by Gasteiger charge is -2.12. The Morgan fingerprint density at radius 2 is 2.06 bits per heavy atom. The van der Waals surface area contributed by atoms with Crippen molar-refractivity contribution >= 4 is 11.6 Å². The van der Waals surface area contributed by atoms with Gasteiger partial charge in [0.1, 0.15) is 0 Å². The number of fused-ring (bicyclic) bond motifs is 2. The van der Waals surface area contributed by atoms with E-state index in [4.69, 9.17) is 4.74 Å². The molecule has 0 bridgehead atoms. The normalized spacial score (nSPS) is 15.4. The van der Waals surface area contributed by atoms with Gasteiger partial charge in [0.05, 0.1) is 17.6 Å². The van der Waals surface area contributed by atoms with Gasteiger partial charge in [0.15, 0.2) is 5.75 Å². The Hall–Kier alpha value is -2.22. The van der Waals surface area contributed by atoms with E-state index in [0.29, 0.717) is 0 Å². The lowest BCUT2D eigenvalue weighted by molar-refractivity contribution is 0.483. The van der Waals surface area contributed by atoms with E-state index in [9.17, 15) is 0 Å². The predicted octanol–water partition coefficient (Wildman–Crippen LogP) is 3.63. The molecule has 17 heavy (non-hydrogen) atoms. The number of para-hydroxylation sites is 2. The van der Waals surface area contributed by atoms with Crippen molar-refractivity contribution in [3.63, 3.8) is 0 Å². The molecule has 1 aromatic heterocycles. The first-order valence-corrected chi connectivity index (χ1v) is 5.77. The second-order valence-electron chi connectivity index (χ2n) is 4.32. The molecule has 0 unspecified atom stereocenters. The maximum atomic E-state index is 5.76. The summed E-state index contributed by atoms with van der Waals surface area (Å²) in [5.74, 6) is 0.910. The molecule has 0 atom stereocenters. The van der Waals surface area contributed by atoms with Crippen LogP contribution in [0.25, 0.3) is 17.3 Å². The van der Waals surface area contributed by atoms with Gasteiger partial charge < -0.3 is 9.30 Å². The van der Waals surface area contributed by atoms with Crippen LogP contribution in [0.4, 0.5) is 0 Å². The van der Waals surface area contributed by atoms with Crippen molar-refractivity contribution < 1.29 is 4.74 Å². The maximum absolute atomic E-state index is 5.76. The third-order valence-corrected chi connectivity index (χ3v) is 3.31. The molecule has 2 nitrogen and oxygen atoms in total. The Labute approximate surface area is 99.5 Å². The summed E-state index contributed by atoms with van der Waals surface area (Å²) in [7, 11) is 0. The van der Waals surface area contributed by atoms with E-state index in [1.54, 1.807) is 0 Å². The van der Waals surface area contributed by atoms with Gasteiger partial charge in [-0.05, 0) is 24.6 Å². The fourth-order valence-corrected chi connectivity index (χ4v) is 2.53. The molecule has 2 aromatic rings. The van der Waals surface area contributed by atoms with Gasteiger partial charge in [0.2, 0.25) is 0 Å². The van der Waals surface area contributed by atoms with Crippen LogP contribution < -0.4 is 4.74 Å². The minimum atomic E-state index is 0.910. The number of benzene rings is 1. The van der Waals surface area contributed by atoms with Crippen LogP contribution in [-0.4, -0.2) is 4.57 Å². The Balaban J connectivity index is 2.09. The third-order valence-electron chi connectivity index (χ3n) is 3.31. The Kier molecular flexibility index (Phi) is 1.64. The highest BCUT2D eigenvalue weighted by molar-refractivity contribution is 5.79. The SMILES string of the molecule is C1=Cc2ccn3c2C(=COc2ccccc2-3)C1. The summed E-state index contributed by atoms with van der Waals surface area (Å²) >= 11 is 0. The number of rotatable bonds is 0. The third kappa shape index (κ3) is 1.15. The largest absolute Gasteiger partial charge is 0.462 e. The summed E-state index contributed by atoms with van der Waals surface area (Å²) in [5, 5.41) is 0. The Morgan fingerprint density at radius 3 is 3.06 bits per heavy atom. The second kappa shape index (κ2) is 3.14. The number of allylic oxidation sites excluding steroid dienone is 2. The molecule has 0 fully saturated rings. The highest BCUT2D eigenvalue weighted by Gasteiger charge is 2.20. The van der Waals surface area contributed by atoms with E-state index in [1.807, 2.05) is 24.5 Å². The monoisotopic (exact) mass is 221 g/mol. The van der Waals surface area contributed by atoms with Crippen molar-refractivity contribution in [2.24, 2.45) is 0 Å². The molecule has 1 aliphatic heterocycles. The zero-order valence-corrected chi connectivity index (χ0v) is 9.26. The molecule has 1 aliphatic carbocycles. The van der Waals surface area contributed by atoms with Crippen molar-refractivity contribution in [3.05, 3.63) is 60.1 Å². The van der Waals surface area contributed by atoms with Gasteiger partial charge in [-0.1, -0.05) is 24.3 Å². The van der Waals surface area contributed by atoms with Gasteiger partial charge in [0, 0.05) is 17.3 Å². The van der Waals surface area contributed by atoms with E-state index < -0.39 is 0 Å². The summed E-state index contributed by atoms with van der Waals surface area (Å²) in [4.78, 5) is 0. The van der Waals surface area contributed by atoms with E-state index in [2.05, 4.69) is 35.0 Å². The average molecular weight is 221 g/mol. The van der Waals surface area contributed by atoms with Gasteiger partial charge in [-0.25, -0.2) is 0 Å². The topological polar surface area (TPSA) is 14.2 Å². The number of hydrogen-bond donors (Lipinski definition) is 0. The van der Waals surface area contributed by atoms with E-state index in [-0.39, 0.29) is 0 Å². The zero-order chi connectivity index (χ0) is 11.2. The van der Waals surface area contributed by atoms with E-state index >= 15 is 0 Å². The van der Waals surface area contributed by atoms with Crippen molar-refractivity contribution in [2.75, 3.05) is 0 Å². The first-order valence-electron chi connectivity index (χ1n) is 5.77. The smallest absolute Gasteiger partial charge is 0.150 e. The molecule has 0 saturated heterocycles. The number of nitrogens with zero attached hydrogens (tertiary/aromatic N) is 1. The van der Waals surface area contributed by atoms with E-state index in [0.717, 1.165) is 17.9 Å². The lowest BCUT2D eigenvalue weighted by atomic mass is 10.0. The first kappa shape index (κ1) is 8.88. The standard InChI is InChI=1S/C15H11NO/c1-2-7-14-13(6-1)16-9-8-11-4-3-5-12(10-17-14)15(11)16/h1-4,6-10H,5H2. The van der Waals surface area contributed by atoms with Crippen LogP contribution in [0.15, 0.2) is 48.9 Å². The molecule has 2 heteroatoms. The van der Waals surface area contributed by atoms with E-state index in [1.165, 1.54) is 16.8 Å². The fourth-order valence-electron chi connectivity index (χ4n) is 2.53. The van der Waals surface area contributed by atoms with Crippen LogP contribution in [-0.2, 0) is 0 Å². The summed E-state index contributed by atoms with van der Waals surface area (Å²) in [6.45, 7) is 0. The molecule has 0 radical (unpaired) electrons. The molecule has 0 spiro atoms. The highest BCUT2D eigenvalue weighted by atomic mass is 16.5. The summed E-state index contributed by atoms with van der Waals surface area (Å²) < 4.78 is 7.98. The molecular formula is C15H11NO. The number of aromatic nitrogens is 1. The Bertz CT molecular complexity index is 661. The van der Waals surface area contributed by atoms with Crippen molar-refractivity contribution in [3.8, 4) is 11.4 Å². The van der Waals surface area contributed by atoms with Crippen LogP contribution in [0.3, 0.4) is 0 Å². The molecule has 0 saturated carbocycles. The zero-order valence-electron chi connectivity index (χ0n) is 9.26. The molecule has 2 aliphatic rings. The van der Waals surface area contributed by atoms with Crippen LogP contribution in [0.1, 0.15) is 17.7 Å². The van der Waals surface area contributed by atoms with Crippen LogP contribution in [0, 0.1) is 0 Å². The molecule has 82 valence electrons. The summed E-state index contributed by atoms with van der Waals surface area (Å²) in [5.41, 5.74) is 4.87. The molecular weight excluding hydrogens is 210 g/mol. The Morgan fingerprint density at radius 1 is 1.12 bits per heavy atom. The first-order chi connectivity index (χ1) is 8.43. The molecule has 4 rings (SSSR count). The summed E-state index contributed by atoms with van der Waals surface area (Å²) in [6.07, 6.45) is 9.28. The average Bonchev–Trinajstić information content (AvgIpc) is 2.73. The van der Waals surface area contributed by atoms with Gasteiger partial charge >= 0.3 is 0 Å². The van der Waals surface area contributed by atoms with Gasteiger partial charge in [0.25, 0.3) is 0 Å². The van der Waals surface area contributed by atoms with Crippen molar-refractivity contribution in [1.82, 2.24) is 4.57 Å². The predicted molar refractivity (Wildman–Crippen MR) is 68.0 cm³/mol. The molecule has 1 aromatic carbocycles. The fraction of sp³-hybridized carbons (Fsp3) is 0.0667. The second-order valence-corrected chi connectivity index (χ2v) is 4.32. The number of ether oxygens (including phenoxy) is 1. The maximum Gasteiger partial charge on any atom is 0.150 e. The molecule has 0 N–H and O–H groups in total. The number of hydrogen-bond acceptors (Lipinski definition) is 1. The summed E-state index contributed by atoms with van der Waals surface area (Å²) in [6, 6.07) is 10.3. The highest BCUT2D eigenvalue weighted by Crippen LogP contribution is 2.37. The van der Waals surface area contributed by atoms with Crippen molar-refractivity contribution in [1.29, 1.82) is 0 Å². The lowest BCUT2D eigenvalue weighted by Crippen LogP contribution is -1.99. The quantitative estimate of drug-likeness (QED) is 0.662. The molecule has 0 amide bonds. The van der Waals surface area contributed by atoms with Crippen LogP contribution in [0.2, 0.25) is 0 Å². The van der Waals surface area contributed by atoms with Crippen molar-refractivity contribution in [2.45, 2.75) is 6.42 Å². The minimum absolute atomic E-state index is 0.910. The van der Waals surface area contributed by atoms with Gasteiger partial charge in [-0.3, -0.25) is 0 Å². The van der Waals surface area contributed by atoms with Crippen LogP contribution in [0.5, 0.6) is 5.75 Å².